The summed E-state index contributed by atoms with van der Waals surface area (Å²) in [6.07, 6.45) is 0.323. The van der Waals surface area contributed by atoms with E-state index < -0.39 is 6.04 Å². The zero-order chi connectivity index (χ0) is 17.8. The SMILES string of the molecule is CC(=O)C1CC(C(=O)NCc2ccccc2C)=NN1c1ccccc1. The van der Waals surface area contributed by atoms with Crippen molar-refractivity contribution in [1.29, 1.82) is 0 Å². The van der Waals surface area contributed by atoms with Crippen molar-refractivity contribution in [2.45, 2.75) is 32.9 Å². The number of nitrogens with zero attached hydrogens (tertiary/aromatic N) is 2. The van der Waals surface area contributed by atoms with E-state index in [1.807, 2.05) is 61.5 Å². The minimum absolute atomic E-state index is 0.00527. The standard InChI is InChI=1S/C20H21N3O2/c1-14-8-6-7-9-16(14)13-21-20(25)18-12-19(15(2)24)23(22-18)17-10-4-3-5-11-17/h3-11,19H,12-13H2,1-2H3,(H,21,25). The molecule has 0 saturated carbocycles. The van der Waals surface area contributed by atoms with Gasteiger partial charge >= 0.3 is 0 Å². The van der Waals surface area contributed by atoms with Gasteiger partial charge in [0.1, 0.15) is 11.8 Å². The van der Waals surface area contributed by atoms with E-state index in [2.05, 4.69) is 10.4 Å². The number of anilines is 1. The summed E-state index contributed by atoms with van der Waals surface area (Å²) in [5.74, 6) is -0.234. The molecule has 1 aliphatic rings. The summed E-state index contributed by atoms with van der Waals surface area (Å²) < 4.78 is 0. The van der Waals surface area contributed by atoms with Crippen LogP contribution in [0.15, 0.2) is 59.7 Å². The number of ketones is 1. The molecule has 1 aliphatic heterocycles. The first kappa shape index (κ1) is 16.9. The monoisotopic (exact) mass is 335 g/mol. The van der Waals surface area contributed by atoms with Crippen LogP contribution in [0.25, 0.3) is 0 Å². The van der Waals surface area contributed by atoms with Crippen LogP contribution in [0.1, 0.15) is 24.5 Å². The molecular weight excluding hydrogens is 314 g/mol. The average molecular weight is 335 g/mol. The number of hydrogen-bond acceptors (Lipinski definition) is 4. The summed E-state index contributed by atoms with van der Waals surface area (Å²) in [6.45, 7) is 3.99. The van der Waals surface area contributed by atoms with Crippen LogP contribution in [0, 0.1) is 6.92 Å². The van der Waals surface area contributed by atoms with Gasteiger partial charge in [-0.2, -0.15) is 5.10 Å². The molecule has 0 bridgehead atoms. The molecule has 1 atom stereocenters. The third-order valence-corrected chi connectivity index (χ3v) is 4.36. The van der Waals surface area contributed by atoms with E-state index in [1.165, 1.54) is 6.92 Å². The summed E-state index contributed by atoms with van der Waals surface area (Å²) >= 11 is 0. The van der Waals surface area contributed by atoms with Gasteiger partial charge in [0.25, 0.3) is 5.91 Å². The molecule has 5 heteroatoms. The maximum Gasteiger partial charge on any atom is 0.267 e. The Morgan fingerprint density at radius 2 is 1.80 bits per heavy atom. The number of carbonyl (C=O) groups is 2. The molecule has 1 N–H and O–H groups in total. The summed E-state index contributed by atoms with van der Waals surface area (Å²) in [5, 5.41) is 8.96. The predicted octanol–water partition coefficient (Wildman–Crippen LogP) is 2.84. The number of amides is 1. The topological polar surface area (TPSA) is 61.8 Å². The molecule has 0 aliphatic carbocycles. The van der Waals surface area contributed by atoms with Crippen molar-refractivity contribution in [3.63, 3.8) is 0 Å². The minimum atomic E-state index is -0.429. The van der Waals surface area contributed by atoms with E-state index in [-0.39, 0.29) is 11.7 Å². The number of carbonyl (C=O) groups excluding carboxylic acids is 2. The van der Waals surface area contributed by atoms with Gasteiger partial charge in [0.15, 0.2) is 5.78 Å². The molecule has 128 valence electrons. The Kier molecular flexibility index (Phi) is 4.93. The first-order chi connectivity index (χ1) is 12.1. The number of nitrogens with one attached hydrogen (secondary N) is 1. The number of para-hydroxylation sites is 1. The second-order valence-electron chi connectivity index (χ2n) is 6.17. The van der Waals surface area contributed by atoms with Crippen molar-refractivity contribution in [3.05, 3.63) is 65.7 Å². The van der Waals surface area contributed by atoms with E-state index in [0.29, 0.717) is 18.7 Å². The molecule has 1 heterocycles. The lowest BCUT2D eigenvalue weighted by molar-refractivity contribution is -0.118. The molecule has 0 radical (unpaired) electrons. The maximum atomic E-state index is 12.5. The first-order valence-corrected chi connectivity index (χ1v) is 8.31. The van der Waals surface area contributed by atoms with Crippen LogP contribution in [0.2, 0.25) is 0 Å². The van der Waals surface area contributed by atoms with Gasteiger partial charge in [-0.1, -0.05) is 42.5 Å². The van der Waals surface area contributed by atoms with Crippen molar-refractivity contribution in [2.24, 2.45) is 5.10 Å². The zero-order valence-electron chi connectivity index (χ0n) is 14.4. The van der Waals surface area contributed by atoms with Crippen molar-refractivity contribution in [2.75, 3.05) is 5.01 Å². The quantitative estimate of drug-likeness (QED) is 0.914. The Morgan fingerprint density at radius 1 is 1.12 bits per heavy atom. The third kappa shape index (κ3) is 3.76. The fraction of sp³-hybridized carbons (Fsp3) is 0.250. The Morgan fingerprint density at radius 3 is 2.48 bits per heavy atom. The van der Waals surface area contributed by atoms with Gasteiger partial charge in [-0.25, -0.2) is 0 Å². The summed E-state index contributed by atoms with van der Waals surface area (Å²) in [7, 11) is 0. The molecular formula is C20H21N3O2. The van der Waals surface area contributed by atoms with Gasteiger partial charge in [0, 0.05) is 13.0 Å². The van der Waals surface area contributed by atoms with Crippen molar-refractivity contribution in [1.82, 2.24) is 5.32 Å². The van der Waals surface area contributed by atoms with Gasteiger partial charge in [0.2, 0.25) is 0 Å². The Labute approximate surface area is 147 Å². The average Bonchev–Trinajstić information content (AvgIpc) is 3.07. The van der Waals surface area contributed by atoms with Gasteiger partial charge < -0.3 is 5.32 Å². The van der Waals surface area contributed by atoms with Crippen LogP contribution in [0.4, 0.5) is 5.69 Å². The third-order valence-electron chi connectivity index (χ3n) is 4.36. The lowest BCUT2D eigenvalue weighted by atomic mass is 10.1. The number of Topliss-reactive ketones (excluding diaryl/α,β-unsaturated/α-hetero) is 1. The van der Waals surface area contributed by atoms with E-state index >= 15 is 0 Å². The highest BCUT2D eigenvalue weighted by Gasteiger charge is 2.33. The van der Waals surface area contributed by atoms with E-state index in [4.69, 9.17) is 0 Å². The number of rotatable bonds is 5. The van der Waals surface area contributed by atoms with Crippen LogP contribution in [-0.4, -0.2) is 23.4 Å². The van der Waals surface area contributed by atoms with Gasteiger partial charge in [-0.15, -0.1) is 0 Å². The molecule has 3 rings (SSSR count). The highest BCUT2D eigenvalue weighted by atomic mass is 16.2. The second-order valence-corrected chi connectivity index (χ2v) is 6.17. The van der Waals surface area contributed by atoms with Crippen LogP contribution < -0.4 is 10.3 Å². The molecule has 1 amide bonds. The number of aryl methyl sites for hydroxylation is 1. The Bertz CT molecular complexity index is 815. The van der Waals surface area contributed by atoms with E-state index in [9.17, 15) is 9.59 Å². The maximum absolute atomic E-state index is 12.5. The smallest absolute Gasteiger partial charge is 0.267 e. The normalized spacial score (nSPS) is 16.5. The molecule has 0 spiro atoms. The molecule has 0 aromatic heterocycles. The lowest BCUT2D eigenvalue weighted by Crippen LogP contribution is -2.34. The van der Waals surface area contributed by atoms with E-state index in [1.54, 1.807) is 5.01 Å². The Balaban J connectivity index is 1.74. The molecule has 0 saturated heterocycles. The van der Waals surface area contributed by atoms with Gasteiger partial charge in [-0.3, -0.25) is 14.6 Å². The second kappa shape index (κ2) is 7.30. The summed E-state index contributed by atoms with van der Waals surface area (Å²) in [4.78, 5) is 24.5. The van der Waals surface area contributed by atoms with E-state index in [0.717, 1.165) is 16.8 Å². The summed E-state index contributed by atoms with van der Waals surface area (Å²) in [5.41, 5.74) is 3.39. The van der Waals surface area contributed by atoms with Crippen molar-refractivity contribution < 1.29 is 9.59 Å². The molecule has 0 fully saturated rings. The van der Waals surface area contributed by atoms with Crippen molar-refractivity contribution in [3.8, 4) is 0 Å². The predicted molar refractivity (Wildman–Crippen MR) is 98.5 cm³/mol. The molecule has 2 aromatic rings. The fourth-order valence-corrected chi connectivity index (χ4v) is 2.87. The van der Waals surface area contributed by atoms with Gasteiger partial charge in [0.05, 0.1) is 5.69 Å². The summed E-state index contributed by atoms with van der Waals surface area (Å²) in [6, 6.07) is 16.9. The molecule has 5 nitrogen and oxygen atoms in total. The number of hydrogen-bond donors (Lipinski definition) is 1. The number of hydrazone groups is 1. The molecule has 2 aromatic carbocycles. The Hall–Kier alpha value is -2.95. The number of benzene rings is 2. The largest absolute Gasteiger partial charge is 0.347 e. The highest BCUT2D eigenvalue weighted by molar-refractivity contribution is 6.40. The minimum Gasteiger partial charge on any atom is -0.347 e. The van der Waals surface area contributed by atoms with Gasteiger partial charge in [-0.05, 0) is 37.1 Å². The van der Waals surface area contributed by atoms with Crippen LogP contribution in [0.5, 0.6) is 0 Å². The first-order valence-electron chi connectivity index (χ1n) is 8.31. The zero-order valence-corrected chi connectivity index (χ0v) is 14.4. The van der Waals surface area contributed by atoms with Crippen molar-refractivity contribution >= 4 is 23.1 Å². The lowest BCUT2D eigenvalue weighted by Gasteiger charge is -2.20. The molecule has 1 unspecified atom stereocenters. The highest BCUT2D eigenvalue weighted by Crippen LogP contribution is 2.25. The van der Waals surface area contributed by atoms with Crippen LogP contribution in [0.3, 0.4) is 0 Å². The molecule has 25 heavy (non-hydrogen) atoms. The fourth-order valence-electron chi connectivity index (χ4n) is 2.87. The van der Waals surface area contributed by atoms with Crippen LogP contribution >= 0.6 is 0 Å². The van der Waals surface area contributed by atoms with Crippen LogP contribution in [-0.2, 0) is 16.1 Å².